The van der Waals surface area contributed by atoms with E-state index in [0.717, 1.165) is 5.75 Å². The Hall–Kier alpha value is -0.550. The molecule has 4 heteroatoms. The number of hydrogen-bond acceptors (Lipinski definition) is 4. The molecule has 0 unspecified atom stereocenters. The summed E-state index contributed by atoms with van der Waals surface area (Å²) in [4.78, 5) is 1.29. The molecular formula is C14H18O3S. The molecule has 3 nitrogen and oxygen atoms in total. The smallest absolute Gasteiger partial charge is 0.163 e. The van der Waals surface area contributed by atoms with Gasteiger partial charge in [-0.1, -0.05) is 18.2 Å². The Morgan fingerprint density at radius 2 is 2.06 bits per heavy atom. The lowest BCUT2D eigenvalue weighted by molar-refractivity contribution is -0.140. The molecule has 0 N–H and O–H groups in total. The van der Waals surface area contributed by atoms with Crippen molar-refractivity contribution in [3.05, 3.63) is 30.3 Å². The Morgan fingerprint density at radius 3 is 2.72 bits per heavy atom. The lowest BCUT2D eigenvalue weighted by Gasteiger charge is -2.16. The normalized spacial score (nSPS) is 33.6. The first kappa shape index (κ1) is 12.5. The van der Waals surface area contributed by atoms with Crippen LogP contribution in [0, 0.1) is 0 Å². The second-order valence-electron chi connectivity index (χ2n) is 5.13. The largest absolute Gasteiger partial charge is 0.366 e. The molecule has 98 valence electrons. The molecule has 0 aromatic heterocycles. The highest BCUT2D eigenvalue weighted by Crippen LogP contribution is 2.37. The van der Waals surface area contributed by atoms with Crippen LogP contribution in [0.3, 0.4) is 0 Å². The molecule has 2 saturated heterocycles. The second kappa shape index (κ2) is 4.85. The number of hydrogen-bond donors (Lipinski definition) is 0. The zero-order valence-corrected chi connectivity index (χ0v) is 11.5. The molecule has 2 aliphatic heterocycles. The van der Waals surface area contributed by atoms with Crippen LogP contribution in [0.15, 0.2) is 35.2 Å². The van der Waals surface area contributed by atoms with Crippen molar-refractivity contribution in [3.8, 4) is 0 Å². The van der Waals surface area contributed by atoms with Gasteiger partial charge in [0.1, 0.15) is 12.2 Å². The van der Waals surface area contributed by atoms with Crippen LogP contribution < -0.4 is 0 Å². The third-order valence-corrected chi connectivity index (χ3v) is 4.28. The van der Waals surface area contributed by atoms with Crippen LogP contribution in [0.1, 0.15) is 13.8 Å². The predicted molar refractivity (Wildman–Crippen MR) is 70.7 cm³/mol. The fraction of sp³-hybridized carbons (Fsp3) is 0.571. The van der Waals surface area contributed by atoms with Crippen LogP contribution in [-0.2, 0) is 14.2 Å². The van der Waals surface area contributed by atoms with Gasteiger partial charge >= 0.3 is 0 Å². The lowest BCUT2D eigenvalue weighted by atomic mass is 10.2. The average molecular weight is 266 g/mol. The monoisotopic (exact) mass is 266 g/mol. The van der Waals surface area contributed by atoms with E-state index in [1.54, 1.807) is 0 Å². The highest BCUT2D eigenvalue weighted by molar-refractivity contribution is 7.99. The fourth-order valence-electron chi connectivity index (χ4n) is 2.19. The van der Waals surface area contributed by atoms with E-state index in [2.05, 4.69) is 24.3 Å². The van der Waals surface area contributed by atoms with Crippen LogP contribution in [0.4, 0.5) is 0 Å². The summed E-state index contributed by atoms with van der Waals surface area (Å²) in [6, 6.07) is 10.4. The number of benzene rings is 1. The maximum Gasteiger partial charge on any atom is 0.163 e. The molecule has 3 rings (SSSR count). The van der Waals surface area contributed by atoms with Crippen molar-refractivity contribution in [2.45, 2.75) is 42.8 Å². The van der Waals surface area contributed by atoms with Crippen LogP contribution in [0.25, 0.3) is 0 Å². The van der Waals surface area contributed by atoms with Crippen molar-refractivity contribution in [2.24, 2.45) is 0 Å². The molecule has 0 spiro atoms. The SMILES string of the molecule is CC1(C)OC[C@H]([C@@H]2O[C@H]2CSc2ccccc2)O1. The van der Waals surface area contributed by atoms with Gasteiger partial charge in [0.05, 0.1) is 12.7 Å². The molecule has 0 radical (unpaired) electrons. The number of rotatable bonds is 4. The summed E-state index contributed by atoms with van der Waals surface area (Å²) in [5.41, 5.74) is 0. The first-order valence-corrected chi connectivity index (χ1v) is 7.28. The highest BCUT2D eigenvalue weighted by atomic mass is 32.2. The Labute approximate surface area is 112 Å². The first-order chi connectivity index (χ1) is 8.64. The molecule has 0 saturated carbocycles. The van der Waals surface area contributed by atoms with E-state index >= 15 is 0 Å². The van der Waals surface area contributed by atoms with Gasteiger partial charge < -0.3 is 14.2 Å². The van der Waals surface area contributed by atoms with Gasteiger partial charge in [-0.2, -0.15) is 0 Å². The maximum atomic E-state index is 5.80. The van der Waals surface area contributed by atoms with E-state index in [4.69, 9.17) is 14.2 Å². The quantitative estimate of drug-likeness (QED) is 0.619. The van der Waals surface area contributed by atoms with Crippen molar-refractivity contribution in [1.29, 1.82) is 0 Å². The second-order valence-corrected chi connectivity index (χ2v) is 6.22. The van der Waals surface area contributed by atoms with E-state index in [0.29, 0.717) is 12.7 Å². The van der Waals surface area contributed by atoms with E-state index in [-0.39, 0.29) is 12.2 Å². The van der Waals surface area contributed by atoms with Gasteiger partial charge in [-0.05, 0) is 26.0 Å². The summed E-state index contributed by atoms with van der Waals surface area (Å²) in [6.07, 6.45) is 0.613. The van der Waals surface area contributed by atoms with Crippen LogP contribution in [0.2, 0.25) is 0 Å². The molecule has 0 bridgehead atoms. The van der Waals surface area contributed by atoms with Gasteiger partial charge in [-0.3, -0.25) is 0 Å². The van der Waals surface area contributed by atoms with Crippen molar-refractivity contribution >= 4 is 11.8 Å². The molecule has 0 amide bonds. The minimum Gasteiger partial charge on any atom is -0.366 e. The minimum atomic E-state index is -0.451. The number of ether oxygens (including phenoxy) is 3. The van der Waals surface area contributed by atoms with Crippen molar-refractivity contribution in [2.75, 3.05) is 12.4 Å². The molecule has 3 atom stereocenters. The molecule has 18 heavy (non-hydrogen) atoms. The Morgan fingerprint density at radius 1 is 1.28 bits per heavy atom. The maximum absolute atomic E-state index is 5.80. The molecule has 1 aromatic rings. The minimum absolute atomic E-state index is 0.0985. The van der Waals surface area contributed by atoms with E-state index in [1.807, 2.05) is 31.7 Å². The predicted octanol–water partition coefficient (Wildman–Crippen LogP) is 2.70. The van der Waals surface area contributed by atoms with Crippen LogP contribution in [-0.4, -0.2) is 36.5 Å². The summed E-state index contributed by atoms with van der Waals surface area (Å²) >= 11 is 1.83. The first-order valence-electron chi connectivity index (χ1n) is 6.29. The summed E-state index contributed by atoms with van der Waals surface area (Å²) in [7, 11) is 0. The van der Waals surface area contributed by atoms with Gasteiger partial charge in [0.15, 0.2) is 5.79 Å². The highest BCUT2D eigenvalue weighted by Gasteiger charge is 2.50. The number of epoxide rings is 1. The lowest BCUT2D eigenvalue weighted by Crippen LogP contribution is -2.25. The molecule has 2 fully saturated rings. The molecular weight excluding hydrogens is 248 g/mol. The molecule has 1 aromatic carbocycles. The van der Waals surface area contributed by atoms with Gasteiger partial charge in [0.2, 0.25) is 0 Å². The summed E-state index contributed by atoms with van der Waals surface area (Å²) < 4.78 is 17.0. The van der Waals surface area contributed by atoms with E-state index in [9.17, 15) is 0 Å². The average Bonchev–Trinajstić information content (AvgIpc) is 3.05. The van der Waals surface area contributed by atoms with Crippen molar-refractivity contribution in [3.63, 3.8) is 0 Å². The van der Waals surface area contributed by atoms with Crippen LogP contribution in [0.5, 0.6) is 0 Å². The molecule has 2 aliphatic rings. The van der Waals surface area contributed by atoms with Crippen molar-refractivity contribution < 1.29 is 14.2 Å². The Balaban J connectivity index is 1.45. The third-order valence-electron chi connectivity index (χ3n) is 3.18. The topological polar surface area (TPSA) is 31.0 Å². The van der Waals surface area contributed by atoms with Gasteiger partial charge in [0.25, 0.3) is 0 Å². The van der Waals surface area contributed by atoms with Gasteiger partial charge in [-0.15, -0.1) is 11.8 Å². The Bertz CT molecular complexity index is 407. The zero-order chi connectivity index (χ0) is 12.6. The third kappa shape index (κ3) is 2.88. The molecule has 0 aliphatic carbocycles. The summed E-state index contributed by atoms with van der Waals surface area (Å²) in [6.45, 7) is 4.54. The van der Waals surface area contributed by atoms with E-state index in [1.165, 1.54) is 4.90 Å². The molecule has 2 heterocycles. The number of thioether (sulfide) groups is 1. The summed E-state index contributed by atoms with van der Waals surface area (Å²) in [5.74, 6) is 0.530. The summed E-state index contributed by atoms with van der Waals surface area (Å²) in [5, 5.41) is 0. The zero-order valence-electron chi connectivity index (χ0n) is 10.7. The van der Waals surface area contributed by atoms with Crippen LogP contribution >= 0.6 is 11.8 Å². The van der Waals surface area contributed by atoms with Gasteiger partial charge in [0, 0.05) is 10.6 Å². The fourth-order valence-corrected chi connectivity index (χ4v) is 3.16. The van der Waals surface area contributed by atoms with E-state index < -0.39 is 5.79 Å². The van der Waals surface area contributed by atoms with Gasteiger partial charge in [-0.25, -0.2) is 0 Å². The standard InChI is InChI=1S/C14H18O3S/c1-14(2)15-8-11(17-14)13-12(16-13)9-18-10-6-4-3-5-7-10/h3-7,11-13H,8-9H2,1-2H3/t11-,12+,13+/m1/s1. The van der Waals surface area contributed by atoms with Crippen molar-refractivity contribution in [1.82, 2.24) is 0 Å². The Kier molecular flexibility index (Phi) is 3.36.